The highest BCUT2D eigenvalue weighted by Gasteiger charge is 2.19. The summed E-state index contributed by atoms with van der Waals surface area (Å²) in [7, 11) is 0. The number of benzene rings is 2. The number of amides is 2. The van der Waals surface area contributed by atoms with Crippen LogP contribution in [0.25, 0.3) is 0 Å². The first-order chi connectivity index (χ1) is 12.1. The van der Waals surface area contributed by atoms with Crippen LogP contribution in [0.3, 0.4) is 0 Å². The van der Waals surface area contributed by atoms with E-state index in [0.717, 1.165) is 16.8 Å². The Morgan fingerprint density at radius 3 is 2.08 bits per heavy atom. The van der Waals surface area contributed by atoms with Gasteiger partial charge in [0.15, 0.2) is 0 Å². The molecule has 0 radical (unpaired) electrons. The maximum Gasteiger partial charge on any atom is 0.255 e. The van der Waals surface area contributed by atoms with Crippen molar-refractivity contribution in [1.29, 1.82) is 0 Å². The van der Waals surface area contributed by atoms with Crippen LogP contribution in [0.2, 0.25) is 0 Å². The molecule has 2 amide bonds. The Balaban J connectivity index is 1.71. The van der Waals surface area contributed by atoms with E-state index in [4.69, 9.17) is 4.74 Å². The van der Waals surface area contributed by atoms with Crippen molar-refractivity contribution in [1.82, 2.24) is 4.90 Å². The summed E-state index contributed by atoms with van der Waals surface area (Å²) >= 11 is 0. The van der Waals surface area contributed by atoms with Gasteiger partial charge >= 0.3 is 0 Å². The number of aryl methyl sites for hydroxylation is 2. The highest BCUT2D eigenvalue weighted by Crippen LogP contribution is 2.20. The SMILES string of the molecule is Cc1cccc(C)c1NC(=O)c1ccc(C(=O)N2CCOCC2)cc1. The maximum atomic E-state index is 12.5. The molecule has 0 atom stereocenters. The van der Waals surface area contributed by atoms with Gasteiger partial charge in [0.1, 0.15) is 0 Å². The maximum absolute atomic E-state index is 12.5. The van der Waals surface area contributed by atoms with E-state index in [-0.39, 0.29) is 11.8 Å². The summed E-state index contributed by atoms with van der Waals surface area (Å²) in [5.74, 6) is -0.201. The van der Waals surface area contributed by atoms with E-state index in [1.807, 2.05) is 32.0 Å². The molecule has 1 heterocycles. The highest BCUT2D eigenvalue weighted by atomic mass is 16.5. The van der Waals surface area contributed by atoms with Crippen molar-refractivity contribution in [3.63, 3.8) is 0 Å². The van der Waals surface area contributed by atoms with E-state index in [9.17, 15) is 9.59 Å². The Kier molecular flexibility index (Phi) is 5.14. The zero-order chi connectivity index (χ0) is 17.8. The quantitative estimate of drug-likeness (QED) is 0.936. The van der Waals surface area contributed by atoms with Crippen molar-refractivity contribution in [3.05, 3.63) is 64.7 Å². The third-order valence-electron chi connectivity index (χ3n) is 4.41. The zero-order valence-electron chi connectivity index (χ0n) is 14.5. The van der Waals surface area contributed by atoms with Gasteiger partial charge in [0, 0.05) is 29.9 Å². The summed E-state index contributed by atoms with van der Waals surface area (Å²) in [4.78, 5) is 26.7. The zero-order valence-corrected chi connectivity index (χ0v) is 14.5. The first-order valence-corrected chi connectivity index (χ1v) is 8.41. The minimum atomic E-state index is -0.178. The molecule has 1 aliphatic heterocycles. The number of hydrogen-bond acceptors (Lipinski definition) is 3. The average Bonchev–Trinajstić information content (AvgIpc) is 2.65. The number of carbonyl (C=O) groups is 2. The number of nitrogens with one attached hydrogen (secondary N) is 1. The fourth-order valence-corrected chi connectivity index (χ4v) is 2.91. The molecule has 25 heavy (non-hydrogen) atoms. The van der Waals surface area contributed by atoms with E-state index in [1.54, 1.807) is 29.2 Å². The lowest BCUT2D eigenvalue weighted by Crippen LogP contribution is -2.40. The Bertz CT molecular complexity index is 758. The summed E-state index contributed by atoms with van der Waals surface area (Å²) in [5, 5.41) is 2.96. The van der Waals surface area contributed by atoms with Gasteiger partial charge in [0.25, 0.3) is 11.8 Å². The third kappa shape index (κ3) is 3.88. The molecule has 0 aromatic heterocycles. The van der Waals surface area contributed by atoms with Gasteiger partial charge in [-0.1, -0.05) is 18.2 Å². The number of carbonyl (C=O) groups excluding carboxylic acids is 2. The first kappa shape index (κ1) is 17.2. The second-order valence-corrected chi connectivity index (χ2v) is 6.20. The Morgan fingerprint density at radius 1 is 0.920 bits per heavy atom. The van der Waals surface area contributed by atoms with Gasteiger partial charge < -0.3 is 15.0 Å². The molecule has 1 N–H and O–H groups in total. The average molecular weight is 338 g/mol. The van der Waals surface area contributed by atoms with Gasteiger partial charge in [0.2, 0.25) is 0 Å². The molecule has 3 rings (SSSR count). The van der Waals surface area contributed by atoms with Crippen LogP contribution in [0.1, 0.15) is 31.8 Å². The topological polar surface area (TPSA) is 58.6 Å². The Morgan fingerprint density at radius 2 is 1.48 bits per heavy atom. The summed E-state index contributed by atoms with van der Waals surface area (Å²) in [5.41, 5.74) is 3.99. The molecule has 0 aliphatic carbocycles. The molecular weight excluding hydrogens is 316 g/mol. The highest BCUT2D eigenvalue weighted by molar-refractivity contribution is 6.05. The first-order valence-electron chi connectivity index (χ1n) is 8.41. The van der Waals surface area contributed by atoms with Crippen LogP contribution in [0.4, 0.5) is 5.69 Å². The standard InChI is InChI=1S/C20H22N2O3/c1-14-4-3-5-15(2)18(14)21-19(23)16-6-8-17(9-7-16)20(24)22-10-12-25-13-11-22/h3-9H,10-13H2,1-2H3,(H,21,23). The number of ether oxygens (including phenoxy) is 1. The van der Waals surface area contributed by atoms with Crippen LogP contribution in [-0.2, 0) is 4.74 Å². The molecular formula is C20H22N2O3. The molecule has 5 heteroatoms. The van der Waals surface area contributed by atoms with E-state index in [0.29, 0.717) is 37.4 Å². The number of hydrogen-bond donors (Lipinski definition) is 1. The fourth-order valence-electron chi connectivity index (χ4n) is 2.91. The van der Waals surface area contributed by atoms with E-state index in [1.165, 1.54) is 0 Å². The van der Waals surface area contributed by atoms with Crippen LogP contribution >= 0.6 is 0 Å². The van der Waals surface area contributed by atoms with E-state index >= 15 is 0 Å². The van der Waals surface area contributed by atoms with Gasteiger partial charge in [-0.2, -0.15) is 0 Å². The van der Waals surface area contributed by atoms with Crippen LogP contribution in [-0.4, -0.2) is 43.0 Å². The fraction of sp³-hybridized carbons (Fsp3) is 0.300. The molecule has 0 unspecified atom stereocenters. The van der Waals surface area contributed by atoms with E-state index in [2.05, 4.69) is 5.32 Å². The van der Waals surface area contributed by atoms with E-state index < -0.39 is 0 Å². The predicted octanol–water partition coefficient (Wildman–Crippen LogP) is 3.03. The molecule has 2 aromatic carbocycles. The molecule has 1 aliphatic rings. The van der Waals surface area contributed by atoms with Gasteiger partial charge in [0.05, 0.1) is 13.2 Å². The van der Waals surface area contributed by atoms with Gasteiger partial charge in [-0.3, -0.25) is 9.59 Å². The lowest BCUT2D eigenvalue weighted by molar-refractivity contribution is 0.0303. The molecule has 0 bridgehead atoms. The second-order valence-electron chi connectivity index (χ2n) is 6.20. The molecule has 2 aromatic rings. The third-order valence-corrected chi connectivity index (χ3v) is 4.41. The summed E-state index contributed by atoms with van der Waals surface area (Å²) in [6.07, 6.45) is 0. The van der Waals surface area contributed by atoms with Gasteiger partial charge in [-0.05, 0) is 49.2 Å². The normalized spacial score (nSPS) is 14.2. The summed E-state index contributed by atoms with van der Waals surface area (Å²) in [6, 6.07) is 12.7. The summed E-state index contributed by atoms with van der Waals surface area (Å²) < 4.78 is 5.27. The summed E-state index contributed by atoms with van der Waals surface area (Å²) in [6.45, 7) is 6.28. The van der Waals surface area contributed by atoms with Crippen LogP contribution in [0.15, 0.2) is 42.5 Å². The van der Waals surface area contributed by atoms with Crippen molar-refractivity contribution in [2.75, 3.05) is 31.6 Å². The molecule has 130 valence electrons. The number of morpholine rings is 1. The minimum Gasteiger partial charge on any atom is -0.378 e. The largest absolute Gasteiger partial charge is 0.378 e. The molecule has 1 saturated heterocycles. The Labute approximate surface area is 147 Å². The molecule has 5 nitrogen and oxygen atoms in total. The molecule has 0 spiro atoms. The van der Waals surface area contributed by atoms with Crippen molar-refractivity contribution in [2.24, 2.45) is 0 Å². The minimum absolute atomic E-state index is 0.0231. The second kappa shape index (κ2) is 7.49. The number of rotatable bonds is 3. The van der Waals surface area contributed by atoms with Crippen molar-refractivity contribution < 1.29 is 14.3 Å². The van der Waals surface area contributed by atoms with Gasteiger partial charge in [-0.25, -0.2) is 0 Å². The molecule has 0 saturated carbocycles. The van der Waals surface area contributed by atoms with Crippen LogP contribution < -0.4 is 5.32 Å². The predicted molar refractivity (Wildman–Crippen MR) is 97.0 cm³/mol. The van der Waals surface area contributed by atoms with Crippen molar-refractivity contribution in [3.8, 4) is 0 Å². The van der Waals surface area contributed by atoms with Crippen LogP contribution in [0, 0.1) is 13.8 Å². The number of para-hydroxylation sites is 1. The Hall–Kier alpha value is -2.66. The lowest BCUT2D eigenvalue weighted by atomic mass is 10.1. The van der Waals surface area contributed by atoms with Gasteiger partial charge in [-0.15, -0.1) is 0 Å². The van der Waals surface area contributed by atoms with Crippen molar-refractivity contribution >= 4 is 17.5 Å². The van der Waals surface area contributed by atoms with Crippen molar-refractivity contribution in [2.45, 2.75) is 13.8 Å². The molecule has 1 fully saturated rings. The number of nitrogens with zero attached hydrogens (tertiary/aromatic N) is 1. The van der Waals surface area contributed by atoms with Crippen LogP contribution in [0.5, 0.6) is 0 Å². The number of anilines is 1. The monoisotopic (exact) mass is 338 g/mol. The smallest absolute Gasteiger partial charge is 0.255 e. The lowest BCUT2D eigenvalue weighted by Gasteiger charge is -2.26.